The SMILES string of the molecule is NN=NCc1ccn2nccc2c1. The van der Waals surface area contributed by atoms with E-state index in [2.05, 4.69) is 15.4 Å². The lowest BCUT2D eigenvalue weighted by Gasteiger charge is -1.96. The fraction of sp³-hybridized carbons (Fsp3) is 0.125. The van der Waals surface area contributed by atoms with E-state index in [1.807, 2.05) is 24.4 Å². The second-order valence-corrected chi connectivity index (χ2v) is 2.65. The van der Waals surface area contributed by atoms with E-state index < -0.39 is 0 Å². The van der Waals surface area contributed by atoms with Crippen molar-refractivity contribution in [2.75, 3.05) is 0 Å². The van der Waals surface area contributed by atoms with Crippen LogP contribution in [0.3, 0.4) is 0 Å². The fourth-order valence-electron chi connectivity index (χ4n) is 1.19. The lowest BCUT2D eigenvalue weighted by molar-refractivity contribution is 0.883. The summed E-state index contributed by atoms with van der Waals surface area (Å²) in [5, 5.41) is 11.0. The van der Waals surface area contributed by atoms with Crippen LogP contribution in [0.25, 0.3) is 5.52 Å². The van der Waals surface area contributed by atoms with E-state index in [1.165, 1.54) is 0 Å². The van der Waals surface area contributed by atoms with Crippen molar-refractivity contribution in [1.82, 2.24) is 9.61 Å². The molecule has 2 aromatic heterocycles. The Kier molecular flexibility index (Phi) is 1.91. The molecule has 2 N–H and O–H groups in total. The number of hydrogen-bond donors (Lipinski definition) is 1. The van der Waals surface area contributed by atoms with Gasteiger partial charge in [-0.1, -0.05) is 5.22 Å². The van der Waals surface area contributed by atoms with Crippen LogP contribution in [0.5, 0.6) is 0 Å². The van der Waals surface area contributed by atoms with Crippen LogP contribution in [-0.4, -0.2) is 9.61 Å². The normalized spacial score (nSPS) is 11.4. The topological polar surface area (TPSA) is 68.0 Å². The highest BCUT2D eigenvalue weighted by atomic mass is 15.3. The average molecular weight is 175 g/mol. The summed E-state index contributed by atoms with van der Waals surface area (Å²) in [4.78, 5) is 0. The van der Waals surface area contributed by atoms with Gasteiger partial charge in [0.05, 0.1) is 12.1 Å². The molecule has 0 unspecified atom stereocenters. The van der Waals surface area contributed by atoms with Crippen molar-refractivity contribution < 1.29 is 0 Å². The summed E-state index contributed by atoms with van der Waals surface area (Å²) in [6.45, 7) is 0.512. The second kappa shape index (κ2) is 3.22. The van der Waals surface area contributed by atoms with E-state index in [4.69, 9.17) is 5.84 Å². The molecule has 13 heavy (non-hydrogen) atoms. The lowest BCUT2D eigenvalue weighted by Crippen LogP contribution is -1.88. The maximum atomic E-state index is 4.91. The zero-order valence-electron chi connectivity index (χ0n) is 6.96. The van der Waals surface area contributed by atoms with Crippen molar-refractivity contribution in [2.45, 2.75) is 6.54 Å². The Labute approximate surface area is 74.9 Å². The Morgan fingerprint density at radius 2 is 2.38 bits per heavy atom. The predicted octanol–water partition coefficient (Wildman–Crippen LogP) is 1.16. The molecule has 5 heteroatoms. The number of hydrogen-bond acceptors (Lipinski definition) is 3. The molecule has 0 spiro atoms. The maximum Gasteiger partial charge on any atom is 0.0871 e. The summed E-state index contributed by atoms with van der Waals surface area (Å²) in [7, 11) is 0. The van der Waals surface area contributed by atoms with Gasteiger partial charge in [-0.15, -0.1) is 0 Å². The average Bonchev–Trinajstić information content (AvgIpc) is 2.61. The predicted molar refractivity (Wildman–Crippen MR) is 47.9 cm³/mol. The van der Waals surface area contributed by atoms with Gasteiger partial charge < -0.3 is 5.84 Å². The minimum absolute atomic E-state index is 0.512. The van der Waals surface area contributed by atoms with Crippen molar-refractivity contribution in [3.8, 4) is 0 Å². The number of nitrogens with zero attached hydrogens (tertiary/aromatic N) is 4. The van der Waals surface area contributed by atoms with Gasteiger partial charge >= 0.3 is 0 Å². The maximum absolute atomic E-state index is 4.91. The molecule has 0 saturated heterocycles. The van der Waals surface area contributed by atoms with E-state index in [0.29, 0.717) is 6.54 Å². The molecule has 0 aliphatic carbocycles. The standard InChI is InChI=1S/C8H9N5/c9-12-10-6-7-2-4-13-8(5-7)1-3-11-13/h1-5H,6H2,(H2,9,10). The van der Waals surface area contributed by atoms with Gasteiger partial charge in [0, 0.05) is 12.4 Å². The fourth-order valence-corrected chi connectivity index (χ4v) is 1.19. The van der Waals surface area contributed by atoms with Gasteiger partial charge in [-0.2, -0.15) is 10.2 Å². The Morgan fingerprint density at radius 1 is 1.46 bits per heavy atom. The zero-order valence-corrected chi connectivity index (χ0v) is 6.96. The van der Waals surface area contributed by atoms with Crippen LogP contribution in [-0.2, 0) is 6.54 Å². The van der Waals surface area contributed by atoms with Gasteiger partial charge in [0.2, 0.25) is 0 Å². The van der Waals surface area contributed by atoms with Crippen molar-refractivity contribution in [1.29, 1.82) is 0 Å². The molecule has 5 nitrogen and oxygen atoms in total. The third kappa shape index (κ3) is 1.48. The Morgan fingerprint density at radius 3 is 3.23 bits per heavy atom. The summed E-state index contributed by atoms with van der Waals surface area (Å²) in [5.74, 6) is 4.91. The number of rotatable bonds is 2. The Bertz CT molecular complexity index is 431. The smallest absolute Gasteiger partial charge is 0.0871 e. The van der Waals surface area contributed by atoms with Crippen molar-refractivity contribution in [3.05, 3.63) is 36.2 Å². The molecule has 0 aliphatic heterocycles. The molecule has 0 amide bonds. The number of aromatic nitrogens is 2. The first-order chi connectivity index (χ1) is 6.40. The molecule has 0 aliphatic rings. The number of fused-ring (bicyclic) bond motifs is 1. The zero-order chi connectivity index (χ0) is 9.10. The van der Waals surface area contributed by atoms with E-state index in [0.717, 1.165) is 11.1 Å². The van der Waals surface area contributed by atoms with E-state index in [1.54, 1.807) is 10.7 Å². The highest BCUT2D eigenvalue weighted by Crippen LogP contribution is 2.07. The summed E-state index contributed by atoms with van der Waals surface area (Å²) in [5.41, 5.74) is 2.12. The molecule has 0 bridgehead atoms. The molecule has 0 atom stereocenters. The van der Waals surface area contributed by atoms with Crippen molar-refractivity contribution >= 4 is 5.52 Å². The van der Waals surface area contributed by atoms with Crippen LogP contribution in [0, 0.1) is 0 Å². The molecule has 0 aromatic carbocycles. The number of nitrogens with two attached hydrogens (primary N) is 1. The molecular weight excluding hydrogens is 166 g/mol. The van der Waals surface area contributed by atoms with Gasteiger partial charge in [-0.3, -0.25) is 0 Å². The van der Waals surface area contributed by atoms with Crippen LogP contribution in [0.4, 0.5) is 0 Å². The first-order valence-corrected chi connectivity index (χ1v) is 3.89. The van der Waals surface area contributed by atoms with Crippen LogP contribution in [0.2, 0.25) is 0 Å². The minimum Gasteiger partial charge on any atom is -0.305 e. The van der Waals surface area contributed by atoms with Crippen LogP contribution in [0.15, 0.2) is 40.9 Å². The van der Waals surface area contributed by atoms with Gasteiger partial charge in [-0.25, -0.2) is 4.52 Å². The summed E-state index contributed by atoms with van der Waals surface area (Å²) >= 11 is 0. The Hall–Kier alpha value is -1.91. The Balaban J connectivity index is 2.36. The molecule has 0 fully saturated rings. The molecule has 2 rings (SSSR count). The third-order valence-electron chi connectivity index (χ3n) is 1.80. The van der Waals surface area contributed by atoms with Crippen molar-refractivity contribution in [2.24, 2.45) is 16.2 Å². The molecular formula is C8H9N5. The monoisotopic (exact) mass is 175 g/mol. The van der Waals surface area contributed by atoms with Gasteiger partial charge in [0.25, 0.3) is 0 Å². The first-order valence-electron chi connectivity index (χ1n) is 3.89. The summed E-state index contributed by atoms with van der Waals surface area (Å²) in [6.07, 6.45) is 3.64. The lowest BCUT2D eigenvalue weighted by atomic mass is 10.2. The van der Waals surface area contributed by atoms with Gasteiger partial charge in [0.15, 0.2) is 0 Å². The molecule has 2 aromatic rings. The molecule has 2 heterocycles. The van der Waals surface area contributed by atoms with E-state index in [-0.39, 0.29) is 0 Å². The summed E-state index contributed by atoms with van der Waals surface area (Å²) in [6, 6.07) is 5.87. The highest BCUT2D eigenvalue weighted by Gasteiger charge is 1.95. The molecule has 66 valence electrons. The largest absolute Gasteiger partial charge is 0.305 e. The first kappa shape index (κ1) is 7.72. The van der Waals surface area contributed by atoms with Crippen LogP contribution < -0.4 is 5.84 Å². The van der Waals surface area contributed by atoms with Gasteiger partial charge in [0.1, 0.15) is 0 Å². The van der Waals surface area contributed by atoms with Crippen LogP contribution >= 0.6 is 0 Å². The van der Waals surface area contributed by atoms with Gasteiger partial charge in [-0.05, 0) is 23.8 Å². The minimum atomic E-state index is 0.512. The highest BCUT2D eigenvalue weighted by molar-refractivity contribution is 5.47. The summed E-state index contributed by atoms with van der Waals surface area (Å²) < 4.78 is 1.79. The second-order valence-electron chi connectivity index (χ2n) is 2.65. The third-order valence-corrected chi connectivity index (χ3v) is 1.80. The number of pyridine rings is 1. The van der Waals surface area contributed by atoms with Crippen molar-refractivity contribution in [3.63, 3.8) is 0 Å². The van der Waals surface area contributed by atoms with E-state index >= 15 is 0 Å². The molecule has 0 radical (unpaired) electrons. The molecule has 0 saturated carbocycles. The quantitative estimate of drug-likeness (QED) is 0.422. The van der Waals surface area contributed by atoms with Crippen LogP contribution in [0.1, 0.15) is 5.56 Å². The van der Waals surface area contributed by atoms with E-state index in [9.17, 15) is 0 Å².